The molecule has 0 amide bonds. The van der Waals surface area contributed by atoms with Crippen molar-refractivity contribution in [2.45, 2.75) is 31.6 Å². The van der Waals surface area contributed by atoms with Crippen molar-refractivity contribution >= 4 is 5.94 Å². The van der Waals surface area contributed by atoms with Crippen LogP contribution < -0.4 is 5.32 Å². The van der Waals surface area contributed by atoms with Crippen molar-refractivity contribution in [1.82, 2.24) is 5.32 Å². The van der Waals surface area contributed by atoms with Gasteiger partial charge in [-0.05, 0) is 26.5 Å². The number of nitrogens with one attached hydrogen (secondary N) is 1. The highest BCUT2D eigenvalue weighted by molar-refractivity contribution is 5.69. The molecule has 1 fully saturated rings. The number of hydrogen-bond donors (Lipinski definition) is 1. The molecule has 3 atom stereocenters. The summed E-state index contributed by atoms with van der Waals surface area (Å²) in [4.78, 5) is 10.8. The maximum atomic E-state index is 10.8. The van der Waals surface area contributed by atoms with E-state index in [1.54, 1.807) is 0 Å². The van der Waals surface area contributed by atoms with E-state index in [-0.39, 0.29) is 17.7 Å². The highest BCUT2D eigenvalue weighted by atomic mass is 16.5. The van der Waals surface area contributed by atoms with Crippen LogP contribution >= 0.6 is 0 Å². The average molecular weight is 231 g/mol. The van der Waals surface area contributed by atoms with Gasteiger partial charge in [0.2, 0.25) is 0 Å². The molecular formula is C14H17NO2. The van der Waals surface area contributed by atoms with E-state index >= 15 is 0 Å². The van der Waals surface area contributed by atoms with E-state index in [2.05, 4.69) is 5.32 Å². The minimum absolute atomic E-state index is 0.0280. The smallest absolute Gasteiger partial charge is 0.128 e. The van der Waals surface area contributed by atoms with Gasteiger partial charge in [-0.15, -0.1) is 0 Å². The summed E-state index contributed by atoms with van der Waals surface area (Å²) in [5.41, 5.74) is 1.44. The number of benzene rings is 1. The highest BCUT2D eigenvalue weighted by Gasteiger charge is 2.59. The SMILES string of the molecule is CNC1(C)C(=C=O)C1OC(C)c1ccccc1. The van der Waals surface area contributed by atoms with E-state index in [0.717, 1.165) is 5.56 Å². The van der Waals surface area contributed by atoms with Crippen LogP contribution in [0.5, 0.6) is 0 Å². The summed E-state index contributed by atoms with van der Waals surface area (Å²) in [6.45, 7) is 3.95. The fraction of sp³-hybridized carbons (Fsp3) is 0.429. The number of ether oxygens (including phenoxy) is 1. The van der Waals surface area contributed by atoms with Crippen LogP contribution in [0.15, 0.2) is 35.9 Å². The Labute approximate surface area is 101 Å². The molecule has 1 aromatic rings. The van der Waals surface area contributed by atoms with Crippen LogP contribution in [0.3, 0.4) is 0 Å². The second-order valence-corrected chi connectivity index (χ2v) is 4.54. The standard InChI is InChI=1S/C14H17NO2/c1-10(11-7-5-4-6-8-11)17-13-12(9-16)14(13,2)15-3/h4-8,10,13,15H,1-3H3. The van der Waals surface area contributed by atoms with Crippen LogP contribution in [-0.2, 0) is 9.53 Å². The van der Waals surface area contributed by atoms with Crippen LogP contribution in [0, 0.1) is 0 Å². The summed E-state index contributed by atoms with van der Waals surface area (Å²) < 4.78 is 5.90. The Morgan fingerprint density at radius 1 is 1.41 bits per heavy atom. The van der Waals surface area contributed by atoms with E-state index in [1.165, 1.54) is 0 Å². The molecule has 1 N–H and O–H groups in total. The maximum Gasteiger partial charge on any atom is 0.128 e. The van der Waals surface area contributed by atoms with E-state index in [1.807, 2.05) is 57.2 Å². The van der Waals surface area contributed by atoms with Crippen molar-refractivity contribution < 1.29 is 9.53 Å². The topological polar surface area (TPSA) is 38.3 Å². The zero-order valence-corrected chi connectivity index (χ0v) is 10.4. The lowest BCUT2D eigenvalue weighted by Crippen LogP contribution is -2.29. The largest absolute Gasteiger partial charge is 0.363 e. The second-order valence-electron chi connectivity index (χ2n) is 4.54. The van der Waals surface area contributed by atoms with Crippen LogP contribution in [0.25, 0.3) is 0 Å². The van der Waals surface area contributed by atoms with Crippen molar-refractivity contribution in [3.63, 3.8) is 0 Å². The van der Waals surface area contributed by atoms with Gasteiger partial charge < -0.3 is 10.1 Å². The fourth-order valence-corrected chi connectivity index (χ4v) is 2.04. The van der Waals surface area contributed by atoms with Crippen molar-refractivity contribution in [3.8, 4) is 0 Å². The van der Waals surface area contributed by atoms with E-state index in [9.17, 15) is 4.79 Å². The van der Waals surface area contributed by atoms with E-state index in [4.69, 9.17) is 4.74 Å². The minimum atomic E-state index is -0.342. The third kappa shape index (κ3) is 2.05. The molecule has 0 aliphatic heterocycles. The molecule has 90 valence electrons. The van der Waals surface area contributed by atoms with Crippen LogP contribution in [0.2, 0.25) is 0 Å². The average Bonchev–Trinajstić information content (AvgIpc) is 2.95. The maximum absolute atomic E-state index is 10.8. The zero-order chi connectivity index (χ0) is 12.5. The van der Waals surface area contributed by atoms with Crippen LogP contribution in [-0.4, -0.2) is 24.6 Å². The molecule has 17 heavy (non-hydrogen) atoms. The van der Waals surface area contributed by atoms with Gasteiger partial charge in [-0.25, -0.2) is 4.79 Å². The molecule has 2 rings (SSSR count). The number of likely N-dealkylation sites (N-methyl/N-ethyl adjacent to an activating group) is 1. The first-order chi connectivity index (χ1) is 8.13. The molecule has 0 saturated heterocycles. The van der Waals surface area contributed by atoms with Gasteiger partial charge in [0.1, 0.15) is 12.0 Å². The lowest BCUT2D eigenvalue weighted by atomic mass is 10.1. The zero-order valence-electron chi connectivity index (χ0n) is 10.4. The number of rotatable bonds is 4. The Morgan fingerprint density at radius 2 is 2.06 bits per heavy atom. The molecular weight excluding hydrogens is 214 g/mol. The highest BCUT2D eigenvalue weighted by Crippen LogP contribution is 2.45. The first-order valence-electron chi connectivity index (χ1n) is 5.78. The molecule has 1 aliphatic carbocycles. The summed E-state index contributed by atoms with van der Waals surface area (Å²) in [5, 5.41) is 3.10. The van der Waals surface area contributed by atoms with Gasteiger partial charge in [0.25, 0.3) is 0 Å². The molecule has 0 aromatic heterocycles. The quantitative estimate of drug-likeness (QED) is 0.804. The van der Waals surface area contributed by atoms with Crippen molar-refractivity contribution in [1.29, 1.82) is 0 Å². The molecule has 0 bridgehead atoms. The Morgan fingerprint density at radius 3 is 2.53 bits per heavy atom. The monoisotopic (exact) mass is 231 g/mol. The summed E-state index contributed by atoms with van der Waals surface area (Å²) in [6.07, 6.45) is -0.195. The van der Waals surface area contributed by atoms with Gasteiger partial charge in [0, 0.05) is 0 Å². The summed E-state index contributed by atoms with van der Waals surface area (Å²) >= 11 is 0. The Bertz CT molecular complexity index is 451. The molecule has 0 spiro atoms. The fourth-order valence-electron chi connectivity index (χ4n) is 2.04. The predicted molar refractivity (Wildman–Crippen MR) is 66.4 cm³/mol. The lowest BCUT2D eigenvalue weighted by molar-refractivity contribution is 0.0424. The Kier molecular flexibility index (Phi) is 3.16. The molecule has 0 heterocycles. The third-order valence-electron chi connectivity index (χ3n) is 3.50. The predicted octanol–water partition coefficient (Wildman–Crippen LogP) is 1.88. The molecule has 1 saturated carbocycles. The van der Waals surface area contributed by atoms with Crippen molar-refractivity contribution in [2.24, 2.45) is 0 Å². The molecule has 0 radical (unpaired) electrons. The summed E-state index contributed by atoms with van der Waals surface area (Å²) in [6, 6.07) is 9.98. The Hall–Kier alpha value is -1.41. The molecule has 1 aromatic carbocycles. The van der Waals surface area contributed by atoms with Crippen molar-refractivity contribution in [2.75, 3.05) is 7.05 Å². The van der Waals surface area contributed by atoms with Crippen LogP contribution in [0.4, 0.5) is 0 Å². The lowest BCUT2D eigenvalue weighted by Gasteiger charge is -2.15. The van der Waals surface area contributed by atoms with Gasteiger partial charge in [-0.2, -0.15) is 0 Å². The third-order valence-corrected chi connectivity index (χ3v) is 3.50. The van der Waals surface area contributed by atoms with Crippen LogP contribution in [0.1, 0.15) is 25.5 Å². The Balaban J connectivity index is 2.07. The summed E-state index contributed by atoms with van der Waals surface area (Å²) in [5.74, 6) is 1.97. The molecule has 3 heteroatoms. The van der Waals surface area contributed by atoms with Crippen molar-refractivity contribution in [3.05, 3.63) is 41.5 Å². The molecule has 3 nitrogen and oxygen atoms in total. The van der Waals surface area contributed by atoms with Gasteiger partial charge in [0.15, 0.2) is 0 Å². The van der Waals surface area contributed by atoms with E-state index in [0.29, 0.717) is 5.57 Å². The minimum Gasteiger partial charge on any atom is -0.363 e. The van der Waals surface area contributed by atoms with Gasteiger partial charge in [-0.3, -0.25) is 0 Å². The number of carbonyl (C=O) groups excluding carboxylic acids is 1. The molecule has 1 aliphatic rings. The van der Waals surface area contributed by atoms with Gasteiger partial charge in [0.05, 0.1) is 17.2 Å². The number of hydrogen-bond acceptors (Lipinski definition) is 3. The van der Waals surface area contributed by atoms with Gasteiger partial charge in [-0.1, -0.05) is 30.3 Å². The first-order valence-corrected chi connectivity index (χ1v) is 5.78. The summed E-state index contributed by atoms with van der Waals surface area (Å²) in [7, 11) is 1.83. The van der Waals surface area contributed by atoms with E-state index < -0.39 is 0 Å². The first kappa shape index (κ1) is 12.1. The second kappa shape index (κ2) is 4.46. The molecule has 3 unspecified atom stereocenters. The normalized spacial score (nSPS) is 28.6. The van der Waals surface area contributed by atoms with Gasteiger partial charge >= 0.3 is 0 Å².